The van der Waals surface area contributed by atoms with Crippen molar-refractivity contribution >= 4 is 11.8 Å². The minimum atomic E-state index is -0.941. The van der Waals surface area contributed by atoms with Crippen LogP contribution in [-0.2, 0) is 11.2 Å². The van der Waals surface area contributed by atoms with Crippen LogP contribution in [0.4, 0.5) is 5.82 Å². The van der Waals surface area contributed by atoms with Crippen LogP contribution < -0.4 is 5.73 Å². The highest BCUT2D eigenvalue weighted by molar-refractivity contribution is 5.79. The van der Waals surface area contributed by atoms with E-state index in [9.17, 15) is 4.79 Å². The third-order valence-corrected chi connectivity index (χ3v) is 1.46. The quantitative estimate of drug-likeness (QED) is 0.672. The molecule has 0 aliphatic rings. The van der Waals surface area contributed by atoms with Gasteiger partial charge in [-0.05, 0) is 18.1 Å². The maximum atomic E-state index is 10.1. The van der Waals surface area contributed by atoms with Gasteiger partial charge in [-0.15, -0.1) is 0 Å². The van der Waals surface area contributed by atoms with Gasteiger partial charge in [0.25, 0.3) is 0 Å². The van der Waals surface area contributed by atoms with Crippen molar-refractivity contribution in [3.63, 3.8) is 0 Å². The molecule has 13 heavy (non-hydrogen) atoms. The molecule has 1 rings (SSSR count). The molecule has 0 unspecified atom stereocenters. The first-order valence-corrected chi connectivity index (χ1v) is 3.78. The first-order chi connectivity index (χ1) is 6.18. The molecule has 0 fully saturated rings. The Morgan fingerprint density at radius 2 is 2.38 bits per heavy atom. The molecular weight excluding hydrogens is 168 g/mol. The van der Waals surface area contributed by atoms with Crippen molar-refractivity contribution in [2.45, 2.75) is 6.42 Å². The summed E-state index contributed by atoms with van der Waals surface area (Å²) in [6.45, 7) is 0. The molecule has 0 saturated heterocycles. The minimum Gasteiger partial charge on any atom is -0.478 e. The van der Waals surface area contributed by atoms with E-state index >= 15 is 0 Å². The number of aliphatic carboxylic acids is 1. The number of nitrogens with zero attached hydrogens (tertiary/aromatic N) is 1. The number of nitrogens with two attached hydrogens (primary N) is 1. The summed E-state index contributed by atoms with van der Waals surface area (Å²) in [7, 11) is 0. The van der Waals surface area contributed by atoms with E-state index < -0.39 is 5.97 Å². The summed E-state index contributed by atoms with van der Waals surface area (Å²) < 4.78 is 0. The Morgan fingerprint density at radius 1 is 1.62 bits per heavy atom. The van der Waals surface area contributed by atoms with Gasteiger partial charge in [0.2, 0.25) is 0 Å². The lowest BCUT2D eigenvalue weighted by Crippen LogP contribution is -1.91. The van der Waals surface area contributed by atoms with Crippen molar-refractivity contribution < 1.29 is 9.90 Å². The summed E-state index contributed by atoms with van der Waals surface area (Å²) in [4.78, 5) is 14.0. The van der Waals surface area contributed by atoms with E-state index in [1.165, 1.54) is 0 Å². The Morgan fingerprint density at radius 3 is 2.92 bits per heavy atom. The molecule has 0 spiro atoms. The number of carboxylic acid groups (broad SMARTS) is 1. The zero-order valence-corrected chi connectivity index (χ0v) is 6.97. The largest absolute Gasteiger partial charge is 0.478 e. The molecule has 3 N–H and O–H groups in total. The lowest BCUT2D eigenvalue weighted by Gasteiger charge is -1.95. The van der Waals surface area contributed by atoms with Gasteiger partial charge in [-0.1, -0.05) is 12.1 Å². The molecule has 1 aromatic rings. The van der Waals surface area contributed by atoms with Crippen LogP contribution in [0.25, 0.3) is 0 Å². The molecule has 1 heterocycles. The van der Waals surface area contributed by atoms with Gasteiger partial charge in [-0.2, -0.15) is 0 Å². The van der Waals surface area contributed by atoms with Crippen LogP contribution in [0.15, 0.2) is 30.5 Å². The average molecular weight is 178 g/mol. The normalized spacial score (nSPS) is 10.5. The lowest BCUT2D eigenvalue weighted by atomic mass is 10.2. The molecule has 4 nitrogen and oxygen atoms in total. The molecule has 0 bridgehead atoms. The Bertz CT molecular complexity index is 317. The third kappa shape index (κ3) is 3.37. The number of allylic oxidation sites excluding steroid dienone is 1. The van der Waals surface area contributed by atoms with Gasteiger partial charge in [-0.3, -0.25) is 0 Å². The van der Waals surface area contributed by atoms with Gasteiger partial charge in [0.1, 0.15) is 5.82 Å². The Labute approximate surface area is 75.7 Å². The molecule has 0 aliphatic heterocycles. The average Bonchev–Trinajstić information content (AvgIpc) is 2.08. The van der Waals surface area contributed by atoms with Crippen LogP contribution in [0.3, 0.4) is 0 Å². The SMILES string of the molecule is Nc1ccc(CC=CC(=O)O)cn1. The van der Waals surface area contributed by atoms with Crippen LogP contribution >= 0.6 is 0 Å². The molecule has 0 atom stereocenters. The summed E-state index contributed by atoms with van der Waals surface area (Å²) >= 11 is 0. The Balaban J connectivity index is 2.55. The van der Waals surface area contributed by atoms with Crippen molar-refractivity contribution in [2.75, 3.05) is 5.73 Å². The fourth-order valence-corrected chi connectivity index (χ4v) is 0.853. The van der Waals surface area contributed by atoms with Gasteiger partial charge in [0.05, 0.1) is 0 Å². The first kappa shape index (κ1) is 9.25. The summed E-state index contributed by atoms with van der Waals surface area (Å²) in [6.07, 6.45) is 4.85. The second-order valence-corrected chi connectivity index (χ2v) is 2.54. The van der Waals surface area contributed by atoms with E-state index in [2.05, 4.69) is 4.98 Å². The number of pyridine rings is 1. The van der Waals surface area contributed by atoms with E-state index in [4.69, 9.17) is 10.8 Å². The summed E-state index contributed by atoms with van der Waals surface area (Å²) in [6, 6.07) is 3.50. The number of hydrogen-bond donors (Lipinski definition) is 2. The highest BCUT2D eigenvalue weighted by Gasteiger charge is 1.91. The predicted molar refractivity (Wildman–Crippen MR) is 49.1 cm³/mol. The second kappa shape index (κ2) is 4.25. The molecule has 0 radical (unpaired) electrons. The van der Waals surface area contributed by atoms with Gasteiger partial charge in [-0.25, -0.2) is 9.78 Å². The molecule has 68 valence electrons. The molecule has 0 aromatic carbocycles. The highest BCUT2D eigenvalue weighted by atomic mass is 16.4. The van der Waals surface area contributed by atoms with Gasteiger partial charge in [0.15, 0.2) is 0 Å². The molecule has 4 heteroatoms. The molecule has 0 saturated carbocycles. The van der Waals surface area contributed by atoms with Gasteiger partial charge in [0, 0.05) is 12.3 Å². The number of aromatic nitrogens is 1. The topological polar surface area (TPSA) is 76.2 Å². The van der Waals surface area contributed by atoms with E-state index in [-0.39, 0.29) is 0 Å². The Hall–Kier alpha value is -1.84. The van der Waals surface area contributed by atoms with Crippen LogP contribution in [-0.4, -0.2) is 16.1 Å². The van der Waals surface area contributed by atoms with Crippen molar-refractivity contribution in [1.29, 1.82) is 0 Å². The number of rotatable bonds is 3. The van der Waals surface area contributed by atoms with E-state index in [1.807, 2.05) is 6.07 Å². The summed E-state index contributed by atoms with van der Waals surface area (Å²) in [5, 5.41) is 8.31. The lowest BCUT2D eigenvalue weighted by molar-refractivity contribution is -0.131. The monoisotopic (exact) mass is 178 g/mol. The zero-order chi connectivity index (χ0) is 9.68. The fraction of sp³-hybridized carbons (Fsp3) is 0.111. The first-order valence-electron chi connectivity index (χ1n) is 3.78. The maximum Gasteiger partial charge on any atom is 0.327 e. The standard InChI is InChI=1S/C9H10N2O2/c10-8-5-4-7(6-11-8)2-1-3-9(12)13/h1,3-6H,2H2,(H2,10,11)(H,12,13). The van der Waals surface area contributed by atoms with Crippen molar-refractivity contribution in [1.82, 2.24) is 4.98 Å². The smallest absolute Gasteiger partial charge is 0.327 e. The summed E-state index contributed by atoms with van der Waals surface area (Å²) in [5.41, 5.74) is 6.32. The van der Waals surface area contributed by atoms with Crippen LogP contribution in [0.2, 0.25) is 0 Å². The summed E-state index contributed by atoms with van der Waals surface area (Å²) in [5.74, 6) is -0.477. The van der Waals surface area contributed by atoms with Crippen LogP contribution in [0, 0.1) is 0 Å². The van der Waals surface area contributed by atoms with E-state index in [0.717, 1.165) is 11.6 Å². The Kier molecular flexibility index (Phi) is 3.03. The van der Waals surface area contributed by atoms with Crippen molar-refractivity contribution in [2.24, 2.45) is 0 Å². The predicted octanol–water partition coefficient (Wildman–Crippen LogP) is 0.847. The number of nitrogen functional groups attached to an aromatic ring is 1. The molecule has 0 amide bonds. The zero-order valence-electron chi connectivity index (χ0n) is 6.97. The van der Waals surface area contributed by atoms with Gasteiger partial charge < -0.3 is 10.8 Å². The third-order valence-electron chi connectivity index (χ3n) is 1.46. The van der Waals surface area contributed by atoms with Crippen LogP contribution in [0.1, 0.15) is 5.56 Å². The van der Waals surface area contributed by atoms with E-state index in [1.54, 1.807) is 18.3 Å². The maximum absolute atomic E-state index is 10.1. The van der Waals surface area contributed by atoms with Gasteiger partial charge >= 0.3 is 5.97 Å². The second-order valence-electron chi connectivity index (χ2n) is 2.54. The fourth-order valence-electron chi connectivity index (χ4n) is 0.853. The minimum absolute atomic E-state index is 0.464. The number of carboxylic acids is 1. The molecule has 0 aliphatic carbocycles. The van der Waals surface area contributed by atoms with Crippen molar-refractivity contribution in [3.05, 3.63) is 36.0 Å². The molecular formula is C9H10N2O2. The molecule has 1 aromatic heterocycles. The van der Waals surface area contributed by atoms with Crippen LogP contribution in [0.5, 0.6) is 0 Å². The number of hydrogen-bond acceptors (Lipinski definition) is 3. The van der Waals surface area contributed by atoms with Crippen molar-refractivity contribution in [3.8, 4) is 0 Å². The number of carbonyl (C=O) groups is 1. The van der Waals surface area contributed by atoms with E-state index in [0.29, 0.717) is 12.2 Å². The number of anilines is 1. The highest BCUT2D eigenvalue weighted by Crippen LogP contribution is 2.02.